The minimum atomic E-state index is -0.0345. The second-order valence-electron chi connectivity index (χ2n) is 5.71. The van der Waals surface area contributed by atoms with Crippen LogP contribution in [0.1, 0.15) is 15.9 Å². The fourth-order valence-corrected chi connectivity index (χ4v) is 3.24. The van der Waals surface area contributed by atoms with Gasteiger partial charge in [-0.25, -0.2) is 0 Å². The van der Waals surface area contributed by atoms with Crippen molar-refractivity contribution in [3.8, 4) is 0 Å². The molecule has 1 saturated heterocycles. The van der Waals surface area contributed by atoms with Gasteiger partial charge in [-0.2, -0.15) is 5.10 Å². The van der Waals surface area contributed by atoms with Crippen LogP contribution in [0.15, 0.2) is 30.6 Å². The molecule has 0 bridgehead atoms. The van der Waals surface area contributed by atoms with Gasteiger partial charge in [0.1, 0.15) is 0 Å². The molecule has 3 rings (SSSR count). The van der Waals surface area contributed by atoms with Crippen LogP contribution in [-0.2, 0) is 13.6 Å². The maximum atomic E-state index is 12.6. The number of hydrogen-bond acceptors (Lipinski definition) is 3. The van der Waals surface area contributed by atoms with Gasteiger partial charge < -0.3 is 4.90 Å². The Bertz CT molecular complexity index is 708. The summed E-state index contributed by atoms with van der Waals surface area (Å²) in [4.78, 5) is 16.7. The first-order valence-electron chi connectivity index (χ1n) is 7.47. The molecular formula is C16H18Cl2N4O. The second-order valence-corrected chi connectivity index (χ2v) is 6.56. The largest absolute Gasteiger partial charge is 0.336 e. The molecule has 23 heavy (non-hydrogen) atoms. The predicted octanol–water partition coefficient (Wildman–Crippen LogP) is 2.68. The number of aromatic nitrogens is 2. The number of benzene rings is 1. The van der Waals surface area contributed by atoms with E-state index in [0.717, 1.165) is 19.6 Å². The van der Waals surface area contributed by atoms with Crippen molar-refractivity contribution in [1.29, 1.82) is 0 Å². The minimum absolute atomic E-state index is 0.0345. The molecule has 0 atom stereocenters. The van der Waals surface area contributed by atoms with E-state index in [2.05, 4.69) is 10.00 Å². The van der Waals surface area contributed by atoms with Crippen molar-refractivity contribution < 1.29 is 4.79 Å². The summed E-state index contributed by atoms with van der Waals surface area (Å²) in [5.74, 6) is -0.0345. The molecule has 2 aromatic rings. The fraction of sp³-hybridized carbons (Fsp3) is 0.375. The third-order valence-corrected chi connectivity index (χ3v) is 4.53. The lowest BCUT2D eigenvalue weighted by atomic mass is 10.1. The van der Waals surface area contributed by atoms with Gasteiger partial charge in [-0.15, -0.1) is 0 Å². The average molecular weight is 353 g/mol. The van der Waals surface area contributed by atoms with Gasteiger partial charge in [0.15, 0.2) is 0 Å². The molecule has 0 radical (unpaired) electrons. The Balaban J connectivity index is 1.59. The number of hydrogen-bond donors (Lipinski definition) is 0. The quantitative estimate of drug-likeness (QED) is 0.852. The van der Waals surface area contributed by atoms with E-state index in [-0.39, 0.29) is 5.91 Å². The summed E-state index contributed by atoms with van der Waals surface area (Å²) in [6, 6.07) is 4.99. The monoisotopic (exact) mass is 352 g/mol. The van der Waals surface area contributed by atoms with Crippen molar-refractivity contribution in [3.05, 3.63) is 51.8 Å². The molecule has 1 aromatic heterocycles. The number of amides is 1. The lowest BCUT2D eigenvalue weighted by molar-refractivity contribution is 0.0628. The lowest BCUT2D eigenvalue weighted by Crippen LogP contribution is -2.48. The Morgan fingerprint density at radius 2 is 1.96 bits per heavy atom. The van der Waals surface area contributed by atoms with E-state index in [4.69, 9.17) is 23.2 Å². The normalized spacial score (nSPS) is 15.9. The lowest BCUT2D eigenvalue weighted by Gasteiger charge is -2.34. The van der Waals surface area contributed by atoms with Crippen molar-refractivity contribution in [1.82, 2.24) is 19.6 Å². The van der Waals surface area contributed by atoms with E-state index in [9.17, 15) is 4.79 Å². The number of rotatable bonds is 3. The van der Waals surface area contributed by atoms with Crippen molar-refractivity contribution in [2.75, 3.05) is 26.2 Å². The fourth-order valence-electron chi connectivity index (χ4n) is 2.75. The molecule has 122 valence electrons. The molecule has 1 aliphatic heterocycles. The topological polar surface area (TPSA) is 41.4 Å². The number of carbonyl (C=O) groups is 1. The molecule has 1 amide bonds. The van der Waals surface area contributed by atoms with Gasteiger partial charge in [-0.05, 0) is 18.2 Å². The number of aryl methyl sites for hydroxylation is 1. The standard InChI is InChI=1S/C16H18Cl2N4O/c1-20-10-12(9-19-20)11-21-4-6-22(7-5-21)16(23)14-3-2-13(17)8-15(14)18/h2-3,8-10H,4-7,11H2,1H3. The Labute approximate surface area is 145 Å². The second kappa shape index (κ2) is 6.91. The zero-order valence-electron chi connectivity index (χ0n) is 12.9. The summed E-state index contributed by atoms with van der Waals surface area (Å²) in [6.45, 7) is 3.92. The Kier molecular flexibility index (Phi) is 4.90. The van der Waals surface area contributed by atoms with Crippen LogP contribution in [0.25, 0.3) is 0 Å². The van der Waals surface area contributed by atoms with E-state index in [0.29, 0.717) is 28.7 Å². The first-order chi connectivity index (χ1) is 11.0. The molecule has 0 unspecified atom stereocenters. The third kappa shape index (κ3) is 3.86. The summed E-state index contributed by atoms with van der Waals surface area (Å²) in [5.41, 5.74) is 1.70. The van der Waals surface area contributed by atoms with Crippen molar-refractivity contribution in [2.24, 2.45) is 7.05 Å². The highest BCUT2D eigenvalue weighted by Gasteiger charge is 2.23. The highest BCUT2D eigenvalue weighted by Crippen LogP contribution is 2.23. The van der Waals surface area contributed by atoms with Crippen LogP contribution >= 0.6 is 23.2 Å². The first-order valence-corrected chi connectivity index (χ1v) is 8.23. The molecule has 1 aromatic carbocycles. The van der Waals surface area contributed by atoms with Crippen LogP contribution in [0.5, 0.6) is 0 Å². The average Bonchev–Trinajstić information content (AvgIpc) is 2.92. The maximum absolute atomic E-state index is 12.6. The molecule has 0 spiro atoms. The molecule has 1 aliphatic rings. The third-order valence-electron chi connectivity index (χ3n) is 3.99. The van der Waals surface area contributed by atoms with Crippen LogP contribution in [0.4, 0.5) is 0 Å². The molecule has 1 fully saturated rings. The van der Waals surface area contributed by atoms with Gasteiger partial charge in [0.2, 0.25) is 0 Å². The first kappa shape index (κ1) is 16.3. The highest BCUT2D eigenvalue weighted by molar-refractivity contribution is 6.36. The predicted molar refractivity (Wildman–Crippen MR) is 90.9 cm³/mol. The molecule has 0 N–H and O–H groups in total. The summed E-state index contributed by atoms with van der Waals surface area (Å²) < 4.78 is 1.80. The van der Waals surface area contributed by atoms with Gasteiger partial charge in [0.05, 0.1) is 16.8 Å². The highest BCUT2D eigenvalue weighted by atomic mass is 35.5. The number of piperazine rings is 1. The zero-order valence-corrected chi connectivity index (χ0v) is 14.4. The van der Waals surface area contributed by atoms with Crippen LogP contribution in [0, 0.1) is 0 Å². The van der Waals surface area contributed by atoms with E-state index in [1.165, 1.54) is 5.56 Å². The van der Waals surface area contributed by atoms with E-state index < -0.39 is 0 Å². The minimum Gasteiger partial charge on any atom is -0.336 e. The molecule has 5 nitrogen and oxygen atoms in total. The van der Waals surface area contributed by atoms with Crippen molar-refractivity contribution >= 4 is 29.1 Å². The van der Waals surface area contributed by atoms with Crippen molar-refractivity contribution in [2.45, 2.75) is 6.54 Å². The number of nitrogens with zero attached hydrogens (tertiary/aromatic N) is 4. The van der Waals surface area contributed by atoms with E-state index in [1.54, 1.807) is 22.9 Å². The molecule has 7 heteroatoms. The van der Waals surface area contributed by atoms with Crippen LogP contribution < -0.4 is 0 Å². The Morgan fingerprint density at radius 1 is 1.22 bits per heavy atom. The van der Waals surface area contributed by atoms with Crippen LogP contribution in [-0.4, -0.2) is 51.7 Å². The van der Waals surface area contributed by atoms with Gasteiger partial charge in [0, 0.05) is 56.6 Å². The smallest absolute Gasteiger partial charge is 0.255 e. The molecule has 0 aliphatic carbocycles. The van der Waals surface area contributed by atoms with Crippen molar-refractivity contribution in [3.63, 3.8) is 0 Å². The van der Waals surface area contributed by atoms with Gasteiger partial charge in [-0.3, -0.25) is 14.4 Å². The molecule has 2 heterocycles. The SMILES string of the molecule is Cn1cc(CN2CCN(C(=O)c3ccc(Cl)cc3Cl)CC2)cn1. The van der Waals surface area contributed by atoms with Crippen LogP contribution in [0.2, 0.25) is 10.0 Å². The molecule has 0 saturated carbocycles. The zero-order chi connectivity index (χ0) is 16.4. The summed E-state index contributed by atoms with van der Waals surface area (Å²) in [5, 5.41) is 5.12. The van der Waals surface area contributed by atoms with E-state index in [1.807, 2.05) is 24.3 Å². The Hall–Kier alpha value is -1.56. The summed E-state index contributed by atoms with van der Waals surface area (Å²) in [7, 11) is 1.91. The van der Waals surface area contributed by atoms with Gasteiger partial charge >= 0.3 is 0 Å². The summed E-state index contributed by atoms with van der Waals surface area (Å²) in [6.07, 6.45) is 3.90. The van der Waals surface area contributed by atoms with Gasteiger partial charge in [0.25, 0.3) is 5.91 Å². The van der Waals surface area contributed by atoms with Gasteiger partial charge in [-0.1, -0.05) is 23.2 Å². The Morgan fingerprint density at radius 3 is 2.57 bits per heavy atom. The van der Waals surface area contributed by atoms with E-state index >= 15 is 0 Å². The molecular weight excluding hydrogens is 335 g/mol. The summed E-state index contributed by atoms with van der Waals surface area (Å²) >= 11 is 12.0. The van der Waals surface area contributed by atoms with Crippen LogP contribution in [0.3, 0.4) is 0 Å². The number of halogens is 2. The number of carbonyl (C=O) groups excluding carboxylic acids is 1. The maximum Gasteiger partial charge on any atom is 0.255 e.